The maximum absolute atomic E-state index is 12.9. The summed E-state index contributed by atoms with van der Waals surface area (Å²) in [6, 6.07) is 9.27. The van der Waals surface area contributed by atoms with Gasteiger partial charge in [-0.15, -0.1) is 5.10 Å². The van der Waals surface area contributed by atoms with Gasteiger partial charge in [-0.05, 0) is 62.3 Å². The zero-order valence-electron chi connectivity index (χ0n) is 19.0. The Morgan fingerprint density at radius 1 is 1.21 bits per heavy atom. The van der Waals surface area contributed by atoms with Gasteiger partial charge < -0.3 is 15.8 Å². The van der Waals surface area contributed by atoms with Gasteiger partial charge in [0.25, 0.3) is 11.8 Å². The first kappa shape index (κ1) is 21.7. The molecule has 0 bridgehead atoms. The second kappa shape index (κ2) is 8.02. The number of benzene rings is 1. The number of carbonyl (C=O) groups is 2. The topological polar surface area (TPSA) is 141 Å². The van der Waals surface area contributed by atoms with Crippen LogP contribution in [0.3, 0.4) is 0 Å². The van der Waals surface area contributed by atoms with E-state index in [-0.39, 0.29) is 29.3 Å². The molecule has 10 heteroatoms. The van der Waals surface area contributed by atoms with Crippen molar-refractivity contribution in [1.82, 2.24) is 24.9 Å². The summed E-state index contributed by atoms with van der Waals surface area (Å²) in [6.07, 6.45) is 6.66. The molecule has 5 rings (SSSR count). The molecule has 0 unspecified atom stereocenters. The van der Waals surface area contributed by atoms with Gasteiger partial charge >= 0.3 is 0 Å². The predicted octanol–water partition coefficient (Wildman–Crippen LogP) is 2.00. The van der Waals surface area contributed by atoms with Crippen LogP contribution in [-0.4, -0.2) is 43.5 Å². The molecule has 0 atom stereocenters. The first-order valence-corrected chi connectivity index (χ1v) is 11.1. The van der Waals surface area contributed by atoms with E-state index in [9.17, 15) is 9.59 Å². The molecule has 0 saturated heterocycles. The van der Waals surface area contributed by atoms with Crippen LogP contribution in [0, 0.1) is 23.7 Å². The normalized spacial score (nSPS) is 23.0. The summed E-state index contributed by atoms with van der Waals surface area (Å²) >= 11 is 0. The highest BCUT2D eigenvalue weighted by atomic mass is 16.5. The van der Waals surface area contributed by atoms with Gasteiger partial charge in [-0.25, -0.2) is 4.68 Å². The summed E-state index contributed by atoms with van der Waals surface area (Å²) in [6.45, 7) is 1.86. The minimum absolute atomic E-state index is 0.00227. The van der Waals surface area contributed by atoms with Crippen LogP contribution in [0.5, 0.6) is 5.88 Å². The molecule has 1 spiro atoms. The Morgan fingerprint density at radius 3 is 2.56 bits per heavy atom. The van der Waals surface area contributed by atoms with Crippen LogP contribution in [0.1, 0.15) is 57.7 Å². The fraction of sp³-hybridized carbons (Fsp3) is 0.375. The van der Waals surface area contributed by atoms with Crippen LogP contribution in [0.2, 0.25) is 0 Å². The number of amides is 2. The fourth-order valence-electron chi connectivity index (χ4n) is 5.13. The fourth-order valence-corrected chi connectivity index (χ4v) is 5.13. The summed E-state index contributed by atoms with van der Waals surface area (Å²) in [4.78, 5) is 24.4. The van der Waals surface area contributed by atoms with Crippen LogP contribution in [-0.2, 0) is 7.05 Å². The highest BCUT2D eigenvalue weighted by Gasteiger charge is 2.54. The number of nitrogens with zero attached hydrogens (tertiary/aromatic N) is 5. The van der Waals surface area contributed by atoms with Gasteiger partial charge in [-0.3, -0.25) is 14.3 Å². The third-order valence-corrected chi connectivity index (χ3v) is 6.85. The van der Waals surface area contributed by atoms with Crippen molar-refractivity contribution in [3.05, 3.63) is 59.0 Å². The molecular formula is C24H25N7O3. The van der Waals surface area contributed by atoms with Crippen LogP contribution in [0.4, 0.5) is 0 Å². The molecular weight excluding hydrogens is 434 g/mol. The molecule has 0 radical (unpaired) electrons. The molecule has 2 aliphatic rings. The predicted molar refractivity (Wildman–Crippen MR) is 121 cm³/mol. The van der Waals surface area contributed by atoms with E-state index < -0.39 is 5.91 Å². The van der Waals surface area contributed by atoms with E-state index in [1.807, 2.05) is 19.1 Å². The van der Waals surface area contributed by atoms with Crippen molar-refractivity contribution in [1.29, 1.82) is 5.26 Å². The van der Waals surface area contributed by atoms with E-state index in [0.717, 1.165) is 37.1 Å². The number of carbonyl (C=O) groups excluding carboxylic acids is 2. The Labute approximate surface area is 196 Å². The van der Waals surface area contributed by atoms with Gasteiger partial charge in [0.1, 0.15) is 11.7 Å². The van der Waals surface area contributed by atoms with Crippen molar-refractivity contribution >= 4 is 11.8 Å². The van der Waals surface area contributed by atoms with Crippen molar-refractivity contribution < 1.29 is 14.3 Å². The highest BCUT2D eigenvalue weighted by molar-refractivity contribution is 5.95. The second-order valence-corrected chi connectivity index (χ2v) is 9.33. The summed E-state index contributed by atoms with van der Waals surface area (Å²) < 4.78 is 9.12. The van der Waals surface area contributed by atoms with E-state index >= 15 is 0 Å². The number of nitrogens with two attached hydrogens (primary N) is 1. The van der Waals surface area contributed by atoms with E-state index in [1.165, 1.54) is 4.68 Å². The van der Waals surface area contributed by atoms with Crippen molar-refractivity contribution in [3.8, 4) is 17.6 Å². The van der Waals surface area contributed by atoms with Crippen LogP contribution < -0.4 is 15.8 Å². The van der Waals surface area contributed by atoms with Gasteiger partial charge in [0.15, 0.2) is 0 Å². The van der Waals surface area contributed by atoms with Gasteiger partial charge in [0.2, 0.25) is 5.88 Å². The first-order chi connectivity index (χ1) is 16.3. The zero-order chi connectivity index (χ0) is 24.0. The molecule has 2 aliphatic carbocycles. The molecule has 2 saturated carbocycles. The SMILES string of the molecule is Cc1c(C(=O)NC2CC3(C2)CC(Oc2nn(C)cc2C(N)=O)C3)cnn1-c1ccc(C#N)cc1. The van der Waals surface area contributed by atoms with Gasteiger partial charge in [-0.1, -0.05) is 0 Å². The lowest BCUT2D eigenvalue weighted by molar-refractivity contribution is -0.0849. The highest BCUT2D eigenvalue weighted by Crippen LogP contribution is 2.56. The third-order valence-electron chi connectivity index (χ3n) is 6.85. The monoisotopic (exact) mass is 459 g/mol. The molecule has 2 aromatic heterocycles. The lowest BCUT2D eigenvalue weighted by Crippen LogP contribution is -2.58. The Hall–Kier alpha value is -4.13. The molecule has 3 aromatic rings. The van der Waals surface area contributed by atoms with E-state index in [1.54, 1.807) is 36.3 Å². The first-order valence-electron chi connectivity index (χ1n) is 11.1. The van der Waals surface area contributed by atoms with Crippen LogP contribution in [0.15, 0.2) is 36.7 Å². The number of hydrogen-bond acceptors (Lipinski definition) is 6. The molecule has 174 valence electrons. The van der Waals surface area contributed by atoms with Crippen LogP contribution in [0.25, 0.3) is 5.69 Å². The number of nitrogens with one attached hydrogen (secondary N) is 1. The number of primary amides is 1. The number of hydrogen-bond donors (Lipinski definition) is 2. The lowest BCUT2D eigenvalue weighted by Gasteiger charge is -2.57. The molecule has 0 aliphatic heterocycles. The third kappa shape index (κ3) is 3.79. The Bertz CT molecular complexity index is 1300. The van der Waals surface area contributed by atoms with Gasteiger partial charge in [-0.2, -0.15) is 10.4 Å². The summed E-state index contributed by atoms with van der Waals surface area (Å²) in [5.74, 6) is -0.404. The van der Waals surface area contributed by atoms with Crippen molar-refractivity contribution in [2.24, 2.45) is 18.2 Å². The van der Waals surface area contributed by atoms with Crippen molar-refractivity contribution in [2.75, 3.05) is 0 Å². The Balaban J connectivity index is 1.14. The minimum Gasteiger partial charge on any atom is -0.473 e. The zero-order valence-corrected chi connectivity index (χ0v) is 19.0. The quantitative estimate of drug-likeness (QED) is 0.578. The minimum atomic E-state index is -0.554. The van der Waals surface area contributed by atoms with Crippen LogP contribution >= 0.6 is 0 Å². The molecule has 2 amide bonds. The number of ether oxygens (including phenoxy) is 1. The molecule has 2 fully saturated rings. The van der Waals surface area contributed by atoms with Gasteiger partial charge in [0, 0.05) is 19.3 Å². The molecule has 1 aromatic carbocycles. The molecule has 2 heterocycles. The van der Waals surface area contributed by atoms with E-state index in [2.05, 4.69) is 21.6 Å². The van der Waals surface area contributed by atoms with E-state index in [0.29, 0.717) is 16.7 Å². The summed E-state index contributed by atoms with van der Waals surface area (Å²) in [5, 5.41) is 20.6. The number of aryl methyl sites for hydroxylation is 1. The smallest absolute Gasteiger partial charge is 0.255 e. The number of nitriles is 1. The maximum atomic E-state index is 12.9. The Morgan fingerprint density at radius 2 is 1.91 bits per heavy atom. The van der Waals surface area contributed by atoms with E-state index in [4.69, 9.17) is 15.7 Å². The molecule has 10 nitrogen and oxygen atoms in total. The summed E-state index contributed by atoms with van der Waals surface area (Å²) in [5.41, 5.74) is 8.51. The standard InChI is InChI=1S/C24H25N7O3/c1-14-19(12-27-31(14)17-5-3-15(11-25)4-6-17)22(33)28-16-7-24(8-16)9-18(10-24)34-23-20(21(26)32)13-30(2)29-23/h3-6,12-13,16,18H,7-10H2,1-2H3,(H2,26,32)(H,28,33). The average molecular weight is 460 g/mol. The Kier molecular flexibility index (Phi) is 5.12. The largest absolute Gasteiger partial charge is 0.473 e. The average Bonchev–Trinajstić information content (AvgIpc) is 3.33. The van der Waals surface area contributed by atoms with Crippen molar-refractivity contribution in [2.45, 2.75) is 44.8 Å². The second-order valence-electron chi connectivity index (χ2n) is 9.33. The van der Waals surface area contributed by atoms with Crippen molar-refractivity contribution in [3.63, 3.8) is 0 Å². The number of aromatic nitrogens is 4. The molecule has 3 N–H and O–H groups in total. The maximum Gasteiger partial charge on any atom is 0.255 e. The summed E-state index contributed by atoms with van der Waals surface area (Å²) in [7, 11) is 1.72. The molecule has 34 heavy (non-hydrogen) atoms. The number of rotatable bonds is 6. The van der Waals surface area contributed by atoms with Gasteiger partial charge in [0.05, 0.1) is 34.8 Å². The lowest BCUT2D eigenvalue weighted by atomic mass is 9.53.